The number of hydrogen-bond donors (Lipinski definition) is 0. The van der Waals surface area contributed by atoms with E-state index >= 15 is 0 Å². The summed E-state index contributed by atoms with van der Waals surface area (Å²) in [5.74, 6) is -0.399. The standard InChI is InChI=1S/C32H28N2O6/c1-39-23-13-15(7-9-21(23)33-29(35)25-17-3-4-18(11-17)26(25)30(33)36)16-8-10-22(24(14-16)40-2)34-31(37)27-19-5-6-20(12-19)28(27)32(34)38/h3-10,13-14,17-20,25-28H,11-12H2,1-2H3/t17-,18+,19-,20+,25-,26+,27-,28+. The van der Waals surface area contributed by atoms with Crippen LogP contribution in [0.3, 0.4) is 0 Å². The van der Waals surface area contributed by atoms with E-state index in [1.807, 2.05) is 12.1 Å². The second-order valence-corrected chi connectivity index (χ2v) is 11.8. The van der Waals surface area contributed by atoms with Crippen molar-refractivity contribution in [3.8, 4) is 22.6 Å². The molecule has 8 nitrogen and oxygen atoms in total. The van der Waals surface area contributed by atoms with Crippen LogP contribution < -0.4 is 19.3 Å². The second-order valence-electron chi connectivity index (χ2n) is 11.8. The number of amides is 4. The normalized spacial score (nSPS) is 34.5. The highest BCUT2D eigenvalue weighted by Crippen LogP contribution is 2.55. The molecule has 2 aliphatic heterocycles. The van der Waals surface area contributed by atoms with Gasteiger partial charge in [-0.2, -0.15) is 0 Å². The Kier molecular flexibility index (Phi) is 4.83. The number of fused-ring (bicyclic) bond motifs is 10. The lowest BCUT2D eigenvalue weighted by Gasteiger charge is -2.22. The summed E-state index contributed by atoms with van der Waals surface area (Å²) in [4.78, 5) is 56.1. The molecule has 4 amide bonds. The highest BCUT2D eigenvalue weighted by molar-refractivity contribution is 6.24. The highest BCUT2D eigenvalue weighted by Gasteiger charge is 2.61. The maximum atomic E-state index is 13.4. The van der Waals surface area contributed by atoms with E-state index in [1.165, 1.54) is 24.0 Å². The van der Waals surface area contributed by atoms with E-state index in [2.05, 4.69) is 24.3 Å². The molecule has 0 N–H and O–H groups in total. The minimum atomic E-state index is -0.287. The van der Waals surface area contributed by atoms with Crippen molar-refractivity contribution in [1.82, 2.24) is 0 Å². The minimum absolute atomic E-state index is 0.132. The molecule has 8 atom stereocenters. The Balaban J connectivity index is 1.11. The van der Waals surface area contributed by atoms with Gasteiger partial charge in [0.05, 0.1) is 49.3 Å². The number of nitrogens with zero attached hydrogens (tertiary/aromatic N) is 2. The highest BCUT2D eigenvalue weighted by atomic mass is 16.5. The number of carbonyl (C=O) groups excluding carboxylic acids is 4. The Hall–Kier alpha value is -4.20. The van der Waals surface area contributed by atoms with Crippen LogP contribution in [0.15, 0.2) is 60.7 Å². The molecule has 2 heterocycles. The molecule has 0 radical (unpaired) electrons. The molecule has 8 heteroatoms. The minimum Gasteiger partial charge on any atom is -0.495 e. The summed E-state index contributed by atoms with van der Waals surface area (Å²) >= 11 is 0. The Morgan fingerprint density at radius 1 is 0.550 bits per heavy atom. The van der Waals surface area contributed by atoms with Crippen LogP contribution in [-0.2, 0) is 19.2 Å². The van der Waals surface area contributed by atoms with Gasteiger partial charge in [0.2, 0.25) is 23.6 Å². The largest absolute Gasteiger partial charge is 0.495 e. The third kappa shape index (κ3) is 2.91. The van der Waals surface area contributed by atoms with E-state index in [9.17, 15) is 19.2 Å². The topological polar surface area (TPSA) is 93.2 Å². The van der Waals surface area contributed by atoms with Gasteiger partial charge in [-0.1, -0.05) is 36.4 Å². The Morgan fingerprint density at radius 2 is 0.875 bits per heavy atom. The van der Waals surface area contributed by atoms with Crippen LogP contribution in [0.4, 0.5) is 11.4 Å². The van der Waals surface area contributed by atoms with Crippen LogP contribution in [0.25, 0.3) is 11.1 Å². The van der Waals surface area contributed by atoms with Crippen molar-refractivity contribution in [2.24, 2.45) is 47.3 Å². The quantitative estimate of drug-likeness (QED) is 0.424. The molecule has 4 fully saturated rings. The second kappa shape index (κ2) is 8.16. The fourth-order valence-corrected chi connectivity index (χ4v) is 8.36. The number of carbonyl (C=O) groups is 4. The van der Waals surface area contributed by atoms with E-state index in [0.717, 1.165) is 24.0 Å². The van der Waals surface area contributed by atoms with Gasteiger partial charge in [-0.3, -0.25) is 19.2 Å². The molecule has 2 aromatic carbocycles. The lowest BCUT2D eigenvalue weighted by atomic mass is 9.85. The summed E-state index contributed by atoms with van der Waals surface area (Å²) in [5, 5.41) is 0. The van der Waals surface area contributed by atoms with Crippen molar-refractivity contribution in [3.05, 3.63) is 60.7 Å². The first-order valence-corrected chi connectivity index (χ1v) is 13.9. The molecular formula is C32H28N2O6. The van der Waals surface area contributed by atoms with Crippen molar-refractivity contribution in [3.63, 3.8) is 0 Å². The van der Waals surface area contributed by atoms with Gasteiger partial charge in [0.15, 0.2) is 0 Å². The Labute approximate surface area is 231 Å². The van der Waals surface area contributed by atoms with Crippen molar-refractivity contribution in [2.75, 3.05) is 24.0 Å². The molecule has 4 bridgehead atoms. The number of allylic oxidation sites excluding steroid dienone is 4. The molecule has 8 rings (SSSR count). The number of anilines is 2. The molecule has 0 spiro atoms. The van der Waals surface area contributed by atoms with Crippen LogP contribution in [0.2, 0.25) is 0 Å². The molecule has 40 heavy (non-hydrogen) atoms. The van der Waals surface area contributed by atoms with Gasteiger partial charge in [0, 0.05) is 0 Å². The average Bonchev–Trinajstić information content (AvgIpc) is 3.81. The zero-order valence-electron chi connectivity index (χ0n) is 22.2. The van der Waals surface area contributed by atoms with Gasteiger partial charge < -0.3 is 9.47 Å². The van der Waals surface area contributed by atoms with Gasteiger partial charge in [-0.05, 0) is 71.9 Å². The first kappa shape index (κ1) is 23.7. The number of imide groups is 2. The number of hydrogen-bond acceptors (Lipinski definition) is 6. The molecule has 0 unspecified atom stereocenters. The van der Waals surface area contributed by atoms with Crippen molar-refractivity contribution < 1.29 is 28.7 Å². The predicted molar refractivity (Wildman–Crippen MR) is 145 cm³/mol. The zero-order valence-corrected chi connectivity index (χ0v) is 22.2. The molecule has 2 saturated heterocycles. The smallest absolute Gasteiger partial charge is 0.238 e. The van der Waals surface area contributed by atoms with Gasteiger partial charge >= 0.3 is 0 Å². The van der Waals surface area contributed by atoms with Crippen LogP contribution in [0, 0.1) is 47.3 Å². The molecule has 4 aliphatic carbocycles. The SMILES string of the molecule is COc1cc(-c2ccc(N3C(=O)[C@@H]4[C@H](C3=O)[C@@H]3C=C[C@H]4C3)c(OC)c2)ccc1N1C(=O)[C@@H]2[C@H](C1=O)[C@@H]1C=C[C@H]2C1. The third-order valence-corrected chi connectivity index (χ3v) is 10.1. The van der Waals surface area contributed by atoms with E-state index < -0.39 is 0 Å². The first-order valence-electron chi connectivity index (χ1n) is 13.9. The van der Waals surface area contributed by atoms with Crippen LogP contribution in [0.1, 0.15) is 12.8 Å². The number of methoxy groups -OCH3 is 2. The van der Waals surface area contributed by atoms with Crippen LogP contribution >= 0.6 is 0 Å². The summed E-state index contributed by atoms with van der Waals surface area (Å²) in [6.45, 7) is 0. The monoisotopic (exact) mass is 536 g/mol. The van der Waals surface area contributed by atoms with Gasteiger partial charge in [-0.15, -0.1) is 0 Å². The molecule has 6 aliphatic rings. The van der Waals surface area contributed by atoms with Crippen LogP contribution in [0.5, 0.6) is 11.5 Å². The lowest BCUT2D eigenvalue weighted by Crippen LogP contribution is -2.33. The Morgan fingerprint density at radius 3 is 1.18 bits per heavy atom. The van der Waals surface area contributed by atoms with E-state index in [1.54, 1.807) is 24.3 Å². The van der Waals surface area contributed by atoms with E-state index in [4.69, 9.17) is 9.47 Å². The maximum Gasteiger partial charge on any atom is 0.238 e. The average molecular weight is 537 g/mol. The fourth-order valence-electron chi connectivity index (χ4n) is 8.36. The first-order chi connectivity index (χ1) is 19.4. The summed E-state index contributed by atoms with van der Waals surface area (Å²) < 4.78 is 11.3. The summed E-state index contributed by atoms with van der Waals surface area (Å²) in [6.07, 6.45) is 10.1. The predicted octanol–water partition coefficient (Wildman–Crippen LogP) is 3.99. The molecular weight excluding hydrogens is 508 g/mol. The molecule has 0 aromatic heterocycles. The van der Waals surface area contributed by atoms with Gasteiger partial charge in [0.1, 0.15) is 11.5 Å². The maximum absolute atomic E-state index is 13.4. The Bertz CT molecular complexity index is 1410. The number of rotatable bonds is 5. The zero-order chi connectivity index (χ0) is 27.4. The van der Waals surface area contributed by atoms with Crippen molar-refractivity contribution in [1.29, 1.82) is 0 Å². The molecule has 2 saturated carbocycles. The summed E-state index contributed by atoms with van der Waals surface area (Å²) in [6, 6.07) is 10.8. The number of ether oxygens (including phenoxy) is 2. The third-order valence-electron chi connectivity index (χ3n) is 10.1. The van der Waals surface area contributed by atoms with Gasteiger partial charge in [0.25, 0.3) is 0 Å². The van der Waals surface area contributed by atoms with Crippen molar-refractivity contribution >= 4 is 35.0 Å². The lowest BCUT2D eigenvalue weighted by molar-refractivity contribution is -0.124. The number of benzene rings is 2. The molecule has 2 aromatic rings. The summed E-state index contributed by atoms with van der Waals surface area (Å²) in [5.41, 5.74) is 2.46. The fraction of sp³-hybridized carbons (Fsp3) is 0.375. The molecule has 202 valence electrons. The van der Waals surface area contributed by atoms with Crippen molar-refractivity contribution in [2.45, 2.75) is 12.8 Å². The summed E-state index contributed by atoms with van der Waals surface area (Å²) in [7, 11) is 3.04. The van der Waals surface area contributed by atoms with Crippen LogP contribution in [-0.4, -0.2) is 37.8 Å². The van der Waals surface area contributed by atoms with E-state index in [0.29, 0.717) is 22.9 Å². The van der Waals surface area contributed by atoms with Gasteiger partial charge in [-0.25, -0.2) is 9.80 Å². The van der Waals surface area contributed by atoms with E-state index in [-0.39, 0.29) is 71.0 Å².